The first kappa shape index (κ1) is 13.9. The number of hydrogen-bond donors (Lipinski definition) is 3. The summed E-state index contributed by atoms with van der Waals surface area (Å²) in [5, 5.41) is 5.89. The Morgan fingerprint density at radius 2 is 1.84 bits per heavy atom. The lowest BCUT2D eigenvalue weighted by atomic mass is 9.96. The van der Waals surface area contributed by atoms with Gasteiger partial charge in [0.05, 0.1) is 0 Å². The summed E-state index contributed by atoms with van der Waals surface area (Å²) in [6.07, 6.45) is 5.91. The molecule has 19 heavy (non-hydrogen) atoms. The van der Waals surface area contributed by atoms with Gasteiger partial charge in [0, 0.05) is 17.8 Å². The first-order chi connectivity index (χ1) is 9.15. The van der Waals surface area contributed by atoms with Crippen molar-refractivity contribution in [3.8, 4) is 0 Å². The van der Waals surface area contributed by atoms with Crippen molar-refractivity contribution in [1.29, 1.82) is 0 Å². The summed E-state index contributed by atoms with van der Waals surface area (Å²) in [7, 11) is 0. The van der Waals surface area contributed by atoms with Gasteiger partial charge in [-0.2, -0.15) is 0 Å². The van der Waals surface area contributed by atoms with Gasteiger partial charge in [-0.25, -0.2) is 4.79 Å². The second-order valence-electron chi connectivity index (χ2n) is 5.34. The SMILES string of the molecule is CC(N)c1ccc(NC(=O)NC2CCCCC2)cc1. The van der Waals surface area contributed by atoms with E-state index in [1.165, 1.54) is 19.3 Å². The third kappa shape index (κ3) is 4.24. The number of anilines is 1. The smallest absolute Gasteiger partial charge is 0.319 e. The van der Waals surface area contributed by atoms with Crippen LogP contribution in [0.1, 0.15) is 50.6 Å². The molecule has 1 aromatic rings. The topological polar surface area (TPSA) is 67.1 Å². The summed E-state index contributed by atoms with van der Waals surface area (Å²) in [5.41, 5.74) is 7.66. The Morgan fingerprint density at radius 3 is 2.42 bits per heavy atom. The molecule has 4 nitrogen and oxygen atoms in total. The van der Waals surface area contributed by atoms with Crippen LogP contribution in [0.5, 0.6) is 0 Å². The number of rotatable bonds is 3. The Bertz CT molecular complexity index is 408. The van der Waals surface area contributed by atoms with Gasteiger partial charge in [-0.05, 0) is 37.5 Å². The molecule has 0 saturated heterocycles. The van der Waals surface area contributed by atoms with Crippen LogP contribution in [0, 0.1) is 0 Å². The molecule has 1 saturated carbocycles. The van der Waals surface area contributed by atoms with E-state index in [1.54, 1.807) is 0 Å². The quantitative estimate of drug-likeness (QED) is 0.782. The molecule has 1 aliphatic rings. The summed E-state index contributed by atoms with van der Waals surface area (Å²) in [4.78, 5) is 11.9. The van der Waals surface area contributed by atoms with Crippen LogP contribution in [0.15, 0.2) is 24.3 Å². The molecule has 4 heteroatoms. The molecule has 2 rings (SSSR count). The Labute approximate surface area is 114 Å². The van der Waals surface area contributed by atoms with Crippen molar-refractivity contribution in [2.24, 2.45) is 5.73 Å². The van der Waals surface area contributed by atoms with E-state index < -0.39 is 0 Å². The number of hydrogen-bond acceptors (Lipinski definition) is 2. The molecule has 1 aliphatic carbocycles. The molecule has 4 N–H and O–H groups in total. The standard InChI is InChI=1S/C15H23N3O/c1-11(16)12-7-9-14(10-8-12)18-15(19)17-13-5-3-2-4-6-13/h7-11,13H,2-6,16H2,1H3,(H2,17,18,19). The van der Waals surface area contributed by atoms with Gasteiger partial charge in [-0.15, -0.1) is 0 Å². The van der Waals surface area contributed by atoms with Gasteiger partial charge in [0.15, 0.2) is 0 Å². The third-order valence-corrected chi connectivity index (χ3v) is 3.63. The Kier molecular flexibility index (Phi) is 4.80. The van der Waals surface area contributed by atoms with E-state index in [2.05, 4.69) is 10.6 Å². The first-order valence-electron chi connectivity index (χ1n) is 7.08. The van der Waals surface area contributed by atoms with Gasteiger partial charge in [-0.1, -0.05) is 31.4 Å². The van der Waals surface area contributed by atoms with Gasteiger partial charge in [0.1, 0.15) is 0 Å². The number of amides is 2. The van der Waals surface area contributed by atoms with E-state index in [0.29, 0.717) is 6.04 Å². The summed E-state index contributed by atoms with van der Waals surface area (Å²) >= 11 is 0. The van der Waals surface area contributed by atoms with Crippen LogP contribution in [0.4, 0.5) is 10.5 Å². The Balaban J connectivity index is 1.84. The highest BCUT2D eigenvalue weighted by Gasteiger charge is 2.15. The molecule has 0 aliphatic heterocycles. The van der Waals surface area contributed by atoms with Crippen molar-refractivity contribution >= 4 is 11.7 Å². The molecule has 1 atom stereocenters. The maximum Gasteiger partial charge on any atom is 0.319 e. The monoisotopic (exact) mass is 261 g/mol. The largest absolute Gasteiger partial charge is 0.335 e. The van der Waals surface area contributed by atoms with Gasteiger partial charge >= 0.3 is 6.03 Å². The fourth-order valence-electron chi connectivity index (χ4n) is 2.47. The molecule has 0 heterocycles. The van der Waals surface area contributed by atoms with E-state index in [1.807, 2.05) is 31.2 Å². The lowest BCUT2D eigenvalue weighted by Gasteiger charge is -2.22. The average molecular weight is 261 g/mol. The van der Waals surface area contributed by atoms with Crippen LogP contribution in [-0.4, -0.2) is 12.1 Å². The zero-order chi connectivity index (χ0) is 13.7. The predicted octanol–water partition coefficient (Wildman–Crippen LogP) is 3.16. The van der Waals surface area contributed by atoms with Gasteiger partial charge < -0.3 is 16.4 Å². The summed E-state index contributed by atoms with van der Waals surface area (Å²) in [6, 6.07) is 7.91. The lowest BCUT2D eigenvalue weighted by molar-refractivity contribution is 0.244. The normalized spacial score (nSPS) is 17.8. The molecule has 0 aromatic heterocycles. The number of urea groups is 1. The van der Waals surface area contributed by atoms with E-state index in [9.17, 15) is 4.79 Å². The van der Waals surface area contributed by atoms with E-state index in [-0.39, 0.29) is 12.1 Å². The maximum atomic E-state index is 11.9. The maximum absolute atomic E-state index is 11.9. The minimum atomic E-state index is -0.111. The fourth-order valence-corrected chi connectivity index (χ4v) is 2.47. The highest BCUT2D eigenvalue weighted by atomic mass is 16.2. The zero-order valence-corrected chi connectivity index (χ0v) is 11.5. The van der Waals surface area contributed by atoms with Crippen LogP contribution in [0.25, 0.3) is 0 Å². The molecule has 0 bridgehead atoms. The Hall–Kier alpha value is -1.55. The van der Waals surface area contributed by atoms with Gasteiger partial charge in [0.25, 0.3) is 0 Å². The molecule has 0 spiro atoms. The van der Waals surface area contributed by atoms with E-state index in [4.69, 9.17) is 5.73 Å². The Morgan fingerprint density at radius 1 is 1.21 bits per heavy atom. The highest BCUT2D eigenvalue weighted by molar-refractivity contribution is 5.89. The summed E-state index contributed by atoms with van der Waals surface area (Å²) in [6.45, 7) is 1.94. The van der Waals surface area contributed by atoms with Crippen molar-refractivity contribution in [1.82, 2.24) is 5.32 Å². The van der Waals surface area contributed by atoms with Crippen molar-refractivity contribution in [2.75, 3.05) is 5.32 Å². The van der Waals surface area contributed by atoms with Gasteiger partial charge in [-0.3, -0.25) is 0 Å². The van der Waals surface area contributed by atoms with Crippen LogP contribution in [0.2, 0.25) is 0 Å². The molecule has 104 valence electrons. The second kappa shape index (κ2) is 6.57. The third-order valence-electron chi connectivity index (χ3n) is 3.63. The number of nitrogens with two attached hydrogens (primary N) is 1. The second-order valence-corrected chi connectivity index (χ2v) is 5.34. The molecular formula is C15H23N3O. The molecule has 0 radical (unpaired) electrons. The minimum absolute atomic E-state index is 0.0186. The fraction of sp³-hybridized carbons (Fsp3) is 0.533. The molecule has 1 fully saturated rings. The summed E-state index contributed by atoms with van der Waals surface area (Å²) < 4.78 is 0. The number of nitrogens with one attached hydrogen (secondary N) is 2. The van der Waals surface area contributed by atoms with Crippen LogP contribution >= 0.6 is 0 Å². The van der Waals surface area contributed by atoms with Crippen LogP contribution in [0.3, 0.4) is 0 Å². The lowest BCUT2D eigenvalue weighted by Crippen LogP contribution is -2.39. The zero-order valence-electron chi connectivity index (χ0n) is 11.5. The highest BCUT2D eigenvalue weighted by Crippen LogP contribution is 2.18. The predicted molar refractivity (Wildman–Crippen MR) is 78.1 cm³/mol. The van der Waals surface area contributed by atoms with Crippen molar-refractivity contribution in [2.45, 2.75) is 51.1 Å². The number of carbonyl (C=O) groups excluding carboxylic acids is 1. The van der Waals surface area contributed by atoms with E-state index in [0.717, 1.165) is 24.1 Å². The molecular weight excluding hydrogens is 238 g/mol. The van der Waals surface area contributed by atoms with Crippen molar-refractivity contribution in [3.05, 3.63) is 29.8 Å². The van der Waals surface area contributed by atoms with Crippen LogP contribution < -0.4 is 16.4 Å². The average Bonchev–Trinajstić information content (AvgIpc) is 2.40. The van der Waals surface area contributed by atoms with Crippen LogP contribution in [-0.2, 0) is 0 Å². The number of benzene rings is 1. The molecule has 1 unspecified atom stereocenters. The van der Waals surface area contributed by atoms with Gasteiger partial charge in [0.2, 0.25) is 0 Å². The molecule has 2 amide bonds. The minimum Gasteiger partial charge on any atom is -0.335 e. The first-order valence-corrected chi connectivity index (χ1v) is 7.08. The molecule has 1 aromatic carbocycles. The van der Waals surface area contributed by atoms with Crippen molar-refractivity contribution in [3.63, 3.8) is 0 Å². The van der Waals surface area contributed by atoms with Crippen molar-refractivity contribution < 1.29 is 4.79 Å². The van der Waals surface area contributed by atoms with E-state index >= 15 is 0 Å². The summed E-state index contributed by atoms with van der Waals surface area (Å²) in [5.74, 6) is 0. The number of carbonyl (C=O) groups is 1.